The highest BCUT2D eigenvalue weighted by molar-refractivity contribution is 6.23. The van der Waals surface area contributed by atoms with E-state index in [9.17, 15) is 14.7 Å². The van der Waals surface area contributed by atoms with Gasteiger partial charge in [0, 0.05) is 0 Å². The highest BCUT2D eigenvalue weighted by atomic mass is 16.5. The van der Waals surface area contributed by atoms with Crippen LogP contribution in [0.2, 0.25) is 0 Å². The lowest BCUT2D eigenvalue weighted by atomic mass is 9.77. The number of hydrogen-bond acceptors (Lipinski definition) is 4. The first-order chi connectivity index (χ1) is 10.5. The number of aryl methyl sites for hydroxylation is 2. The van der Waals surface area contributed by atoms with Crippen molar-refractivity contribution in [2.45, 2.75) is 25.6 Å². The monoisotopic (exact) mass is 299 g/mol. The number of nitrogens with zero attached hydrogens (tertiary/aromatic N) is 1. The molecule has 2 amide bonds. The van der Waals surface area contributed by atoms with E-state index in [1.807, 2.05) is 32.0 Å². The van der Waals surface area contributed by atoms with E-state index < -0.39 is 23.5 Å². The summed E-state index contributed by atoms with van der Waals surface area (Å²) < 4.78 is 5.72. The second-order valence-corrected chi connectivity index (χ2v) is 6.36. The van der Waals surface area contributed by atoms with Crippen LogP contribution in [-0.4, -0.2) is 35.2 Å². The molecule has 0 spiro atoms. The van der Waals surface area contributed by atoms with Crippen molar-refractivity contribution in [2.75, 3.05) is 11.5 Å². The minimum absolute atomic E-state index is 0.230. The van der Waals surface area contributed by atoms with Gasteiger partial charge in [0.25, 0.3) is 0 Å². The number of hydrogen-bond donors (Lipinski definition) is 1. The van der Waals surface area contributed by atoms with Crippen LogP contribution in [0.4, 0.5) is 5.69 Å². The SMILES string of the molecule is Cc1ccc(N2C(=O)[C@H]3[C@@H](C2=O)[C@@]2(CO)C=C[C@H]3O2)c(C)c1. The number of benzene rings is 1. The van der Waals surface area contributed by atoms with Crippen molar-refractivity contribution < 1.29 is 19.4 Å². The summed E-state index contributed by atoms with van der Waals surface area (Å²) >= 11 is 0. The van der Waals surface area contributed by atoms with E-state index in [1.165, 1.54) is 4.90 Å². The lowest BCUT2D eigenvalue weighted by molar-refractivity contribution is -0.128. The van der Waals surface area contributed by atoms with Crippen LogP contribution in [0.1, 0.15) is 11.1 Å². The number of anilines is 1. The van der Waals surface area contributed by atoms with Gasteiger partial charge in [-0.25, -0.2) is 4.90 Å². The van der Waals surface area contributed by atoms with E-state index in [0.717, 1.165) is 11.1 Å². The summed E-state index contributed by atoms with van der Waals surface area (Å²) in [6.07, 6.45) is 3.10. The van der Waals surface area contributed by atoms with E-state index >= 15 is 0 Å². The molecule has 2 saturated heterocycles. The van der Waals surface area contributed by atoms with Gasteiger partial charge in [0.15, 0.2) is 0 Å². The molecule has 0 radical (unpaired) electrons. The Bertz CT molecular complexity index is 725. The summed E-state index contributed by atoms with van der Waals surface area (Å²) in [7, 11) is 0. The van der Waals surface area contributed by atoms with Gasteiger partial charge in [0.2, 0.25) is 11.8 Å². The largest absolute Gasteiger partial charge is 0.393 e. The summed E-state index contributed by atoms with van der Waals surface area (Å²) in [5, 5.41) is 9.68. The zero-order chi connectivity index (χ0) is 15.6. The number of imide groups is 1. The predicted molar refractivity (Wildman–Crippen MR) is 79.2 cm³/mol. The number of aliphatic hydroxyl groups is 1. The van der Waals surface area contributed by atoms with Gasteiger partial charge in [0.05, 0.1) is 30.2 Å². The van der Waals surface area contributed by atoms with Gasteiger partial charge in [-0.3, -0.25) is 9.59 Å². The van der Waals surface area contributed by atoms with Gasteiger partial charge < -0.3 is 9.84 Å². The van der Waals surface area contributed by atoms with Gasteiger partial charge >= 0.3 is 0 Å². The molecule has 114 valence electrons. The van der Waals surface area contributed by atoms with Crippen LogP contribution in [0.15, 0.2) is 30.4 Å². The third-order valence-electron chi connectivity index (χ3n) is 5.00. The predicted octanol–water partition coefficient (Wildman–Crippen LogP) is 1.11. The number of ether oxygens (including phenoxy) is 1. The maximum absolute atomic E-state index is 12.9. The van der Waals surface area contributed by atoms with Crippen molar-refractivity contribution in [1.29, 1.82) is 0 Å². The van der Waals surface area contributed by atoms with Crippen molar-refractivity contribution in [2.24, 2.45) is 11.8 Å². The molecular weight excluding hydrogens is 282 g/mol. The number of carbonyl (C=O) groups is 2. The molecular formula is C17H17NO4. The molecule has 3 heterocycles. The summed E-state index contributed by atoms with van der Waals surface area (Å²) in [5.74, 6) is -1.65. The summed E-state index contributed by atoms with van der Waals surface area (Å²) in [4.78, 5) is 26.9. The summed E-state index contributed by atoms with van der Waals surface area (Å²) in [6, 6.07) is 5.65. The van der Waals surface area contributed by atoms with Crippen LogP contribution >= 0.6 is 0 Å². The molecule has 5 heteroatoms. The maximum atomic E-state index is 12.9. The van der Waals surface area contributed by atoms with Crippen molar-refractivity contribution >= 4 is 17.5 Å². The molecule has 4 atom stereocenters. The molecule has 0 saturated carbocycles. The van der Waals surface area contributed by atoms with Gasteiger partial charge in [-0.05, 0) is 25.5 Å². The normalized spacial score (nSPS) is 35.6. The molecule has 22 heavy (non-hydrogen) atoms. The van der Waals surface area contributed by atoms with Gasteiger partial charge in [-0.2, -0.15) is 0 Å². The zero-order valence-electron chi connectivity index (χ0n) is 12.4. The van der Waals surface area contributed by atoms with E-state index in [-0.39, 0.29) is 18.4 Å². The van der Waals surface area contributed by atoms with Gasteiger partial charge in [-0.15, -0.1) is 0 Å². The van der Waals surface area contributed by atoms with Crippen LogP contribution in [0, 0.1) is 25.7 Å². The number of aliphatic hydroxyl groups excluding tert-OH is 1. The highest BCUT2D eigenvalue weighted by Gasteiger charge is 2.67. The zero-order valence-corrected chi connectivity index (χ0v) is 12.4. The third-order valence-corrected chi connectivity index (χ3v) is 5.00. The molecule has 1 aromatic carbocycles. The highest BCUT2D eigenvalue weighted by Crippen LogP contribution is 2.52. The lowest BCUT2D eigenvalue weighted by Crippen LogP contribution is -2.43. The Labute approximate surface area is 128 Å². The van der Waals surface area contributed by atoms with Crippen LogP contribution in [-0.2, 0) is 14.3 Å². The van der Waals surface area contributed by atoms with Crippen molar-refractivity contribution in [3.05, 3.63) is 41.5 Å². The van der Waals surface area contributed by atoms with Crippen molar-refractivity contribution in [3.8, 4) is 0 Å². The second kappa shape index (κ2) is 4.27. The number of fused-ring (bicyclic) bond motifs is 5. The minimum Gasteiger partial charge on any atom is -0.393 e. The molecule has 1 N–H and O–H groups in total. The van der Waals surface area contributed by atoms with E-state index in [0.29, 0.717) is 5.69 Å². The fraction of sp³-hybridized carbons (Fsp3) is 0.412. The Morgan fingerprint density at radius 2 is 2.05 bits per heavy atom. The fourth-order valence-electron chi connectivity index (χ4n) is 3.98. The smallest absolute Gasteiger partial charge is 0.241 e. The van der Waals surface area contributed by atoms with Crippen molar-refractivity contribution in [3.63, 3.8) is 0 Å². The number of amides is 2. The third kappa shape index (κ3) is 1.50. The van der Waals surface area contributed by atoms with E-state index in [2.05, 4.69) is 0 Å². The number of carbonyl (C=O) groups excluding carboxylic acids is 2. The topological polar surface area (TPSA) is 66.8 Å². The molecule has 3 aliphatic heterocycles. The summed E-state index contributed by atoms with van der Waals surface area (Å²) in [6.45, 7) is 3.57. The molecule has 2 fully saturated rings. The molecule has 4 rings (SSSR count). The van der Waals surface area contributed by atoms with Crippen molar-refractivity contribution in [1.82, 2.24) is 0 Å². The van der Waals surface area contributed by atoms with Gasteiger partial charge in [0.1, 0.15) is 5.60 Å². The van der Waals surface area contributed by atoms with Crippen LogP contribution < -0.4 is 4.90 Å². The fourth-order valence-corrected chi connectivity index (χ4v) is 3.98. The Hall–Kier alpha value is -1.98. The minimum atomic E-state index is -1.03. The summed E-state index contributed by atoms with van der Waals surface area (Å²) in [5.41, 5.74) is 1.57. The van der Waals surface area contributed by atoms with Crippen LogP contribution in [0.3, 0.4) is 0 Å². The first kappa shape index (κ1) is 13.7. The maximum Gasteiger partial charge on any atom is 0.241 e. The Morgan fingerprint density at radius 1 is 1.27 bits per heavy atom. The van der Waals surface area contributed by atoms with Gasteiger partial charge in [-0.1, -0.05) is 29.8 Å². The Kier molecular flexibility index (Phi) is 2.65. The molecule has 0 unspecified atom stereocenters. The lowest BCUT2D eigenvalue weighted by Gasteiger charge is -2.26. The Balaban J connectivity index is 1.79. The van der Waals surface area contributed by atoms with Crippen LogP contribution in [0.5, 0.6) is 0 Å². The molecule has 2 bridgehead atoms. The average molecular weight is 299 g/mol. The molecule has 3 aliphatic rings. The molecule has 0 aliphatic carbocycles. The molecule has 0 aromatic heterocycles. The number of rotatable bonds is 2. The van der Waals surface area contributed by atoms with Crippen LogP contribution in [0.25, 0.3) is 0 Å². The molecule has 1 aromatic rings. The molecule has 5 nitrogen and oxygen atoms in total. The first-order valence-electron chi connectivity index (χ1n) is 7.41. The first-order valence-corrected chi connectivity index (χ1v) is 7.41. The average Bonchev–Trinajstić information content (AvgIpc) is 3.12. The van der Waals surface area contributed by atoms with E-state index in [1.54, 1.807) is 12.2 Å². The Morgan fingerprint density at radius 3 is 2.73 bits per heavy atom. The quantitative estimate of drug-likeness (QED) is 0.656. The second-order valence-electron chi connectivity index (χ2n) is 6.36. The standard InChI is InChI=1S/C17H17NO4/c1-9-3-4-11(10(2)7-9)18-15(20)13-12-5-6-17(8-19,22-12)14(13)16(18)21/h3-7,12-14,19H,8H2,1-2H3/t12-,13-,14+,17+/m1/s1. The van der Waals surface area contributed by atoms with E-state index in [4.69, 9.17) is 4.74 Å².